The van der Waals surface area contributed by atoms with Gasteiger partial charge in [-0.25, -0.2) is 0 Å². The number of hydrogen-bond acceptors (Lipinski definition) is 6. The number of anilines is 1. The Hall–Kier alpha value is -3.00. The predicted molar refractivity (Wildman–Crippen MR) is 109 cm³/mol. The number of nitrogens with one attached hydrogen (secondary N) is 1. The van der Waals surface area contributed by atoms with Gasteiger partial charge in [0.2, 0.25) is 5.91 Å². The van der Waals surface area contributed by atoms with Gasteiger partial charge in [0.1, 0.15) is 17.3 Å². The molecule has 3 aromatic rings. The molecular formula is C20H22N4O3S. The lowest BCUT2D eigenvalue weighted by atomic mass is 10.1. The summed E-state index contributed by atoms with van der Waals surface area (Å²) in [6, 6.07) is 15.3. The zero-order valence-corrected chi connectivity index (χ0v) is 16.8. The maximum absolute atomic E-state index is 12.3. The number of benzene rings is 2. The number of nitrogens with zero attached hydrogens (tertiary/aromatic N) is 3. The van der Waals surface area contributed by atoms with E-state index in [9.17, 15) is 4.79 Å². The van der Waals surface area contributed by atoms with Crippen LogP contribution in [0.1, 0.15) is 11.4 Å². The van der Waals surface area contributed by atoms with Crippen LogP contribution in [0.3, 0.4) is 0 Å². The fourth-order valence-electron chi connectivity index (χ4n) is 2.62. The first-order chi connectivity index (χ1) is 13.6. The second-order valence-electron chi connectivity index (χ2n) is 6.02. The first kappa shape index (κ1) is 19.8. The Morgan fingerprint density at radius 2 is 1.89 bits per heavy atom. The standard InChI is InChI=1S/C20H22N4O3S/c1-24-18(11-14-7-5-4-6-8-14)22-23-20(24)28-13-19(25)21-16-10-9-15(26-2)12-17(16)27-3/h4-10,12H,11,13H2,1-3H3,(H,21,25). The van der Waals surface area contributed by atoms with Gasteiger partial charge in [-0.3, -0.25) is 4.79 Å². The third-order valence-electron chi connectivity index (χ3n) is 4.15. The van der Waals surface area contributed by atoms with Gasteiger partial charge in [-0.1, -0.05) is 42.1 Å². The molecule has 1 N–H and O–H groups in total. The van der Waals surface area contributed by atoms with E-state index < -0.39 is 0 Å². The topological polar surface area (TPSA) is 78.3 Å². The van der Waals surface area contributed by atoms with Gasteiger partial charge in [-0.2, -0.15) is 0 Å². The summed E-state index contributed by atoms with van der Waals surface area (Å²) in [4.78, 5) is 12.3. The smallest absolute Gasteiger partial charge is 0.234 e. The second kappa shape index (κ2) is 9.27. The van der Waals surface area contributed by atoms with Crippen LogP contribution in [0.2, 0.25) is 0 Å². The van der Waals surface area contributed by atoms with Crippen molar-refractivity contribution in [3.8, 4) is 11.5 Å². The second-order valence-corrected chi connectivity index (χ2v) is 6.97. The molecule has 8 heteroatoms. The molecule has 0 aliphatic heterocycles. The average Bonchev–Trinajstić information content (AvgIpc) is 3.07. The highest BCUT2D eigenvalue weighted by Gasteiger charge is 2.13. The maximum Gasteiger partial charge on any atom is 0.234 e. The predicted octanol–water partition coefficient (Wildman–Crippen LogP) is 3.15. The number of carbonyl (C=O) groups excluding carboxylic acids is 1. The molecule has 1 aromatic heterocycles. The van der Waals surface area contributed by atoms with E-state index in [0.29, 0.717) is 28.8 Å². The number of thioether (sulfide) groups is 1. The van der Waals surface area contributed by atoms with Crippen LogP contribution < -0.4 is 14.8 Å². The molecule has 1 amide bonds. The Kier molecular flexibility index (Phi) is 6.54. The minimum atomic E-state index is -0.152. The number of carbonyl (C=O) groups is 1. The number of aromatic nitrogens is 3. The van der Waals surface area contributed by atoms with Crippen LogP contribution in [0.5, 0.6) is 11.5 Å². The van der Waals surface area contributed by atoms with Crippen LogP contribution in [0.15, 0.2) is 53.7 Å². The summed E-state index contributed by atoms with van der Waals surface area (Å²) < 4.78 is 12.4. The first-order valence-corrected chi connectivity index (χ1v) is 9.66. The summed E-state index contributed by atoms with van der Waals surface area (Å²) in [7, 11) is 5.04. The van der Waals surface area contributed by atoms with Crippen molar-refractivity contribution in [3.05, 3.63) is 59.9 Å². The monoisotopic (exact) mass is 398 g/mol. The maximum atomic E-state index is 12.3. The minimum absolute atomic E-state index is 0.152. The fraction of sp³-hybridized carbons (Fsp3) is 0.250. The van der Waals surface area contributed by atoms with E-state index in [2.05, 4.69) is 27.6 Å². The molecule has 2 aromatic carbocycles. The largest absolute Gasteiger partial charge is 0.497 e. The van der Waals surface area contributed by atoms with Crippen molar-refractivity contribution >= 4 is 23.4 Å². The van der Waals surface area contributed by atoms with Gasteiger partial charge in [0, 0.05) is 19.5 Å². The van der Waals surface area contributed by atoms with Crippen molar-refractivity contribution < 1.29 is 14.3 Å². The third-order valence-corrected chi connectivity index (χ3v) is 5.17. The lowest BCUT2D eigenvalue weighted by Gasteiger charge is -2.11. The Morgan fingerprint density at radius 1 is 1.11 bits per heavy atom. The van der Waals surface area contributed by atoms with E-state index in [1.165, 1.54) is 17.3 Å². The van der Waals surface area contributed by atoms with Crippen LogP contribution in [-0.2, 0) is 18.3 Å². The van der Waals surface area contributed by atoms with Crippen molar-refractivity contribution in [3.63, 3.8) is 0 Å². The molecule has 0 aliphatic carbocycles. The van der Waals surface area contributed by atoms with Crippen LogP contribution in [0, 0.1) is 0 Å². The fourth-order valence-corrected chi connectivity index (χ4v) is 3.35. The van der Waals surface area contributed by atoms with Crippen molar-refractivity contribution in [2.24, 2.45) is 7.05 Å². The highest BCUT2D eigenvalue weighted by Crippen LogP contribution is 2.29. The SMILES string of the molecule is COc1ccc(NC(=O)CSc2nnc(Cc3ccccc3)n2C)c(OC)c1. The zero-order chi connectivity index (χ0) is 19.9. The summed E-state index contributed by atoms with van der Waals surface area (Å²) in [6.07, 6.45) is 0.695. The van der Waals surface area contributed by atoms with E-state index in [1.807, 2.05) is 29.8 Å². The summed E-state index contributed by atoms with van der Waals surface area (Å²) in [5.74, 6) is 2.12. The Bertz CT molecular complexity index is 944. The number of rotatable bonds is 8. The molecule has 0 aliphatic rings. The molecule has 0 unspecified atom stereocenters. The van der Waals surface area contributed by atoms with Gasteiger partial charge in [0.05, 0.1) is 25.7 Å². The number of amides is 1. The third kappa shape index (κ3) is 4.83. The number of hydrogen-bond donors (Lipinski definition) is 1. The quantitative estimate of drug-likeness (QED) is 0.587. The average molecular weight is 398 g/mol. The van der Waals surface area contributed by atoms with Gasteiger partial charge in [0.25, 0.3) is 0 Å². The number of ether oxygens (including phenoxy) is 2. The molecule has 28 heavy (non-hydrogen) atoms. The molecular weight excluding hydrogens is 376 g/mol. The Morgan fingerprint density at radius 3 is 2.61 bits per heavy atom. The van der Waals surface area contributed by atoms with Crippen LogP contribution in [-0.4, -0.2) is 40.6 Å². The Balaban J connectivity index is 1.59. The van der Waals surface area contributed by atoms with E-state index >= 15 is 0 Å². The summed E-state index contributed by atoms with van der Waals surface area (Å²) >= 11 is 1.34. The van der Waals surface area contributed by atoms with Gasteiger partial charge >= 0.3 is 0 Å². The lowest BCUT2D eigenvalue weighted by molar-refractivity contribution is -0.113. The highest BCUT2D eigenvalue weighted by atomic mass is 32.2. The Labute approximate surface area is 168 Å². The van der Waals surface area contributed by atoms with Crippen LogP contribution >= 0.6 is 11.8 Å². The normalized spacial score (nSPS) is 10.5. The summed E-state index contributed by atoms with van der Waals surface area (Å²) in [5.41, 5.74) is 1.76. The van der Waals surface area contributed by atoms with Gasteiger partial charge in [0.15, 0.2) is 5.16 Å². The van der Waals surface area contributed by atoms with Crippen molar-refractivity contribution in [2.75, 3.05) is 25.3 Å². The molecule has 0 saturated heterocycles. The molecule has 7 nitrogen and oxygen atoms in total. The molecule has 0 bridgehead atoms. The molecule has 0 atom stereocenters. The zero-order valence-electron chi connectivity index (χ0n) is 16.0. The van der Waals surface area contributed by atoms with Crippen molar-refractivity contribution in [2.45, 2.75) is 11.6 Å². The molecule has 0 spiro atoms. The van der Waals surface area contributed by atoms with E-state index in [1.54, 1.807) is 32.4 Å². The van der Waals surface area contributed by atoms with E-state index in [-0.39, 0.29) is 11.7 Å². The lowest BCUT2D eigenvalue weighted by Crippen LogP contribution is -2.15. The molecule has 0 fully saturated rings. The molecule has 0 saturated carbocycles. The summed E-state index contributed by atoms with van der Waals surface area (Å²) in [6.45, 7) is 0. The highest BCUT2D eigenvalue weighted by molar-refractivity contribution is 7.99. The minimum Gasteiger partial charge on any atom is -0.497 e. The van der Waals surface area contributed by atoms with Crippen molar-refractivity contribution in [1.29, 1.82) is 0 Å². The van der Waals surface area contributed by atoms with Gasteiger partial charge in [-0.05, 0) is 17.7 Å². The van der Waals surface area contributed by atoms with Gasteiger partial charge < -0.3 is 19.4 Å². The summed E-state index contributed by atoms with van der Waals surface area (Å²) in [5, 5.41) is 12.0. The van der Waals surface area contributed by atoms with E-state index in [4.69, 9.17) is 9.47 Å². The number of methoxy groups -OCH3 is 2. The van der Waals surface area contributed by atoms with Crippen molar-refractivity contribution in [1.82, 2.24) is 14.8 Å². The van der Waals surface area contributed by atoms with Crippen LogP contribution in [0.25, 0.3) is 0 Å². The molecule has 3 rings (SSSR count). The first-order valence-electron chi connectivity index (χ1n) is 8.67. The van der Waals surface area contributed by atoms with Crippen LogP contribution in [0.4, 0.5) is 5.69 Å². The van der Waals surface area contributed by atoms with Gasteiger partial charge in [-0.15, -0.1) is 10.2 Å². The van der Waals surface area contributed by atoms with E-state index in [0.717, 1.165) is 5.82 Å². The molecule has 1 heterocycles. The molecule has 146 valence electrons. The molecule has 0 radical (unpaired) electrons.